The topological polar surface area (TPSA) is 149 Å². The van der Waals surface area contributed by atoms with Gasteiger partial charge in [-0.2, -0.15) is 0 Å². The third kappa shape index (κ3) is 6.79. The molecule has 0 aliphatic heterocycles. The van der Waals surface area contributed by atoms with Gasteiger partial charge in [0.25, 0.3) is 0 Å². The highest BCUT2D eigenvalue weighted by atomic mass is 16.6. The number of hydrogen-bond acceptors (Lipinski definition) is 11. The zero-order valence-electron chi connectivity index (χ0n) is 21.4. The van der Waals surface area contributed by atoms with Gasteiger partial charge in [-0.05, 0) is 32.1 Å². The molecule has 0 amide bonds. The van der Waals surface area contributed by atoms with E-state index in [-0.39, 0.29) is 56.3 Å². The van der Waals surface area contributed by atoms with E-state index < -0.39 is 46.6 Å². The van der Waals surface area contributed by atoms with Gasteiger partial charge in [-0.3, -0.25) is 28.8 Å². The van der Waals surface area contributed by atoms with Gasteiger partial charge >= 0.3 is 29.8 Å². The smallest absolute Gasteiger partial charge is 0.323 e. The molecule has 36 heavy (non-hydrogen) atoms. The van der Waals surface area contributed by atoms with Gasteiger partial charge in [0.1, 0.15) is 5.78 Å². The average Bonchev–Trinajstić information content (AvgIpc) is 2.88. The number of Topliss-reactive ketones (excluding diaryl/α,β-unsaturated/α-hetero) is 1. The van der Waals surface area contributed by atoms with Crippen LogP contribution in [-0.4, -0.2) is 71.2 Å². The van der Waals surface area contributed by atoms with E-state index in [1.165, 1.54) is 13.2 Å². The maximum atomic E-state index is 12.9. The number of ether oxygens (including phenoxy) is 5. The van der Waals surface area contributed by atoms with Gasteiger partial charge in [-0.25, -0.2) is 0 Å². The summed E-state index contributed by atoms with van der Waals surface area (Å²) in [5.41, 5.74) is -3.70. The van der Waals surface area contributed by atoms with Crippen molar-refractivity contribution in [2.24, 2.45) is 16.7 Å². The van der Waals surface area contributed by atoms with Crippen molar-refractivity contribution in [1.82, 2.24) is 0 Å². The van der Waals surface area contributed by atoms with Crippen LogP contribution in [-0.2, 0) is 52.5 Å². The lowest BCUT2D eigenvalue weighted by molar-refractivity contribution is -0.170. The molecule has 1 atom stereocenters. The van der Waals surface area contributed by atoms with Crippen molar-refractivity contribution < 1.29 is 52.5 Å². The molecule has 0 heterocycles. The predicted octanol–water partition coefficient (Wildman–Crippen LogP) is 1.87. The minimum atomic E-state index is -1.98. The molecule has 1 aliphatic carbocycles. The molecule has 0 aromatic heterocycles. The minimum Gasteiger partial charge on any atom is -0.469 e. The Morgan fingerprint density at radius 3 is 1.72 bits per heavy atom. The van der Waals surface area contributed by atoms with E-state index in [0.29, 0.717) is 0 Å². The predicted molar refractivity (Wildman–Crippen MR) is 124 cm³/mol. The van der Waals surface area contributed by atoms with Crippen LogP contribution < -0.4 is 0 Å². The highest BCUT2D eigenvalue weighted by molar-refractivity contribution is 6.02. The number of rotatable bonds is 5. The van der Waals surface area contributed by atoms with Crippen LogP contribution in [0.4, 0.5) is 0 Å². The van der Waals surface area contributed by atoms with Crippen molar-refractivity contribution in [3.8, 4) is 0 Å². The van der Waals surface area contributed by atoms with Crippen LogP contribution in [0.2, 0.25) is 0 Å². The molecule has 200 valence electrons. The number of ketones is 1. The molecule has 1 rings (SSSR count). The molecule has 0 saturated heterocycles. The van der Waals surface area contributed by atoms with Gasteiger partial charge in [-0.1, -0.05) is 24.3 Å². The van der Waals surface area contributed by atoms with Gasteiger partial charge in [0.2, 0.25) is 0 Å². The second-order valence-electron chi connectivity index (χ2n) is 8.61. The van der Waals surface area contributed by atoms with Crippen molar-refractivity contribution >= 4 is 35.6 Å². The summed E-state index contributed by atoms with van der Waals surface area (Å²) >= 11 is 0. The van der Waals surface area contributed by atoms with Crippen molar-refractivity contribution in [2.45, 2.75) is 44.9 Å². The standard InChI is InChI=1S/C25H34O11/c1-16-14-24(20(28)33-3,21(29)34-4)11-8-7-9-17(19(27)32-2)13-18(26)10-12-25(15-16,22(30)35-5)23(31)36-6/h7-8,17H,1,9-15H2,2-6H3/b8-7+. The first-order valence-corrected chi connectivity index (χ1v) is 11.2. The highest BCUT2D eigenvalue weighted by Crippen LogP contribution is 2.41. The van der Waals surface area contributed by atoms with Crippen LogP contribution in [0.1, 0.15) is 44.9 Å². The summed E-state index contributed by atoms with van der Waals surface area (Å²) in [6.07, 6.45) is 1.47. The summed E-state index contributed by atoms with van der Waals surface area (Å²) in [5.74, 6) is -5.62. The van der Waals surface area contributed by atoms with E-state index in [0.717, 1.165) is 28.4 Å². The number of esters is 5. The third-order valence-corrected chi connectivity index (χ3v) is 6.30. The zero-order chi connectivity index (χ0) is 27.5. The van der Waals surface area contributed by atoms with E-state index in [1.807, 2.05) is 0 Å². The normalized spacial score (nSPS) is 21.2. The van der Waals surface area contributed by atoms with Gasteiger partial charge in [0.05, 0.1) is 41.5 Å². The summed E-state index contributed by atoms with van der Waals surface area (Å²) in [5, 5.41) is 0. The Bertz CT molecular complexity index is 883. The SMILES string of the molecule is C=C1CC(C(=O)OC)(C(=O)OC)C/C=C/CC(C(=O)OC)CC(=O)CCC(C(=O)OC)(C(=O)OC)C1. The van der Waals surface area contributed by atoms with Crippen LogP contribution in [0.25, 0.3) is 0 Å². The van der Waals surface area contributed by atoms with Gasteiger partial charge in [-0.15, -0.1) is 0 Å². The Morgan fingerprint density at radius 1 is 0.778 bits per heavy atom. The minimum absolute atomic E-state index is 0.0803. The molecule has 1 aliphatic rings. The van der Waals surface area contributed by atoms with Crippen LogP contribution in [0, 0.1) is 16.7 Å². The summed E-state index contributed by atoms with van der Waals surface area (Å²) in [6, 6.07) is 0. The first kappa shape index (κ1) is 30.5. The number of carbonyl (C=O) groups is 6. The first-order chi connectivity index (χ1) is 17.0. The molecule has 0 bridgehead atoms. The first-order valence-electron chi connectivity index (χ1n) is 11.2. The number of hydrogen-bond donors (Lipinski definition) is 0. The van der Waals surface area contributed by atoms with Crippen LogP contribution in [0.3, 0.4) is 0 Å². The van der Waals surface area contributed by atoms with Crippen LogP contribution in [0.15, 0.2) is 24.3 Å². The van der Waals surface area contributed by atoms with E-state index in [4.69, 9.17) is 23.7 Å². The number of allylic oxidation sites excluding steroid dienone is 3. The third-order valence-electron chi connectivity index (χ3n) is 6.30. The largest absolute Gasteiger partial charge is 0.469 e. The molecule has 0 fully saturated rings. The molecule has 0 saturated carbocycles. The zero-order valence-corrected chi connectivity index (χ0v) is 21.4. The highest BCUT2D eigenvalue weighted by Gasteiger charge is 2.52. The molecule has 11 heteroatoms. The lowest BCUT2D eigenvalue weighted by Gasteiger charge is -2.32. The Morgan fingerprint density at radius 2 is 1.25 bits per heavy atom. The van der Waals surface area contributed by atoms with E-state index in [1.54, 1.807) is 6.08 Å². The van der Waals surface area contributed by atoms with Crippen molar-refractivity contribution in [2.75, 3.05) is 35.5 Å². The fourth-order valence-electron chi connectivity index (χ4n) is 4.39. The lowest BCUT2D eigenvalue weighted by Crippen LogP contribution is -2.44. The molecule has 0 aromatic carbocycles. The summed E-state index contributed by atoms with van der Waals surface area (Å²) in [7, 11) is 5.56. The Balaban J connectivity index is 3.71. The van der Waals surface area contributed by atoms with Crippen molar-refractivity contribution in [3.63, 3.8) is 0 Å². The van der Waals surface area contributed by atoms with Crippen molar-refractivity contribution in [1.29, 1.82) is 0 Å². The van der Waals surface area contributed by atoms with Gasteiger partial charge in [0.15, 0.2) is 10.8 Å². The monoisotopic (exact) mass is 510 g/mol. The molecule has 0 radical (unpaired) electrons. The molecule has 1 unspecified atom stereocenters. The van der Waals surface area contributed by atoms with Gasteiger partial charge < -0.3 is 23.7 Å². The van der Waals surface area contributed by atoms with Gasteiger partial charge in [0, 0.05) is 12.8 Å². The molecule has 0 N–H and O–H groups in total. The van der Waals surface area contributed by atoms with E-state index >= 15 is 0 Å². The maximum Gasteiger partial charge on any atom is 0.323 e. The number of carbonyl (C=O) groups excluding carboxylic acids is 6. The number of methoxy groups -OCH3 is 5. The quantitative estimate of drug-likeness (QED) is 0.231. The summed E-state index contributed by atoms with van der Waals surface area (Å²) in [6.45, 7) is 3.91. The molecule has 0 spiro atoms. The van der Waals surface area contributed by atoms with Crippen LogP contribution >= 0.6 is 0 Å². The Hall–Kier alpha value is -3.50. The lowest BCUT2D eigenvalue weighted by atomic mass is 9.71. The molecule has 11 nitrogen and oxygen atoms in total. The molecular formula is C25H34O11. The Labute approximate surface area is 210 Å². The maximum absolute atomic E-state index is 12.9. The van der Waals surface area contributed by atoms with E-state index in [2.05, 4.69) is 6.58 Å². The summed E-state index contributed by atoms with van der Waals surface area (Å²) in [4.78, 5) is 76.6. The molecule has 0 aromatic rings. The average molecular weight is 511 g/mol. The second kappa shape index (κ2) is 13.6. The summed E-state index contributed by atoms with van der Waals surface area (Å²) < 4.78 is 24.3. The van der Waals surface area contributed by atoms with E-state index in [9.17, 15) is 28.8 Å². The van der Waals surface area contributed by atoms with Crippen molar-refractivity contribution in [3.05, 3.63) is 24.3 Å². The fourth-order valence-corrected chi connectivity index (χ4v) is 4.39. The Kier molecular flexibility index (Phi) is 11.5. The van der Waals surface area contributed by atoms with Crippen LogP contribution in [0.5, 0.6) is 0 Å². The second-order valence-corrected chi connectivity index (χ2v) is 8.61. The molecular weight excluding hydrogens is 476 g/mol. The fraction of sp³-hybridized carbons (Fsp3) is 0.600.